The molecule has 0 amide bonds. The predicted octanol–water partition coefficient (Wildman–Crippen LogP) is 1.52. The molecule has 1 aromatic heterocycles. The summed E-state index contributed by atoms with van der Waals surface area (Å²) < 4.78 is 9.87. The van der Waals surface area contributed by atoms with E-state index in [4.69, 9.17) is 20.3 Å². The Kier molecular flexibility index (Phi) is 5.64. The minimum absolute atomic E-state index is 0.481. The lowest BCUT2D eigenvalue weighted by atomic mass is 10.1. The highest BCUT2D eigenvalue weighted by atomic mass is 32.2. The van der Waals surface area contributed by atoms with E-state index in [2.05, 4.69) is 4.98 Å². The van der Waals surface area contributed by atoms with Crippen LogP contribution in [0, 0.1) is 0 Å². The molecule has 112 valence electrons. The van der Waals surface area contributed by atoms with Crippen molar-refractivity contribution >= 4 is 17.7 Å². The molecule has 0 aliphatic rings. The number of pyridine rings is 1. The van der Waals surface area contributed by atoms with Crippen LogP contribution in [-0.4, -0.2) is 41.1 Å². The highest BCUT2D eigenvalue weighted by Gasteiger charge is 2.33. The van der Waals surface area contributed by atoms with Gasteiger partial charge < -0.3 is 20.3 Å². The molecule has 1 rings (SSSR count). The fourth-order valence-electron chi connectivity index (χ4n) is 1.59. The van der Waals surface area contributed by atoms with Crippen LogP contribution in [0.1, 0.15) is 19.5 Å². The van der Waals surface area contributed by atoms with E-state index in [0.717, 1.165) is 0 Å². The molecule has 0 spiro atoms. The third kappa shape index (κ3) is 3.77. The summed E-state index contributed by atoms with van der Waals surface area (Å²) in [6, 6.07) is 0.755. The Bertz CT molecular complexity index is 479. The van der Waals surface area contributed by atoms with E-state index < -0.39 is 16.8 Å². The van der Waals surface area contributed by atoms with Gasteiger partial charge in [0.05, 0.1) is 19.9 Å². The average molecular weight is 300 g/mol. The van der Waals surface area contributed by atoms with E-state index in [1.54, 1.807) is 40.3 Å². The van der Waals surface area contributed by atoms with E-state index in [1.807, 2.05) is 0 Å². The maximum Gasteiger partial charge on any atom is 0.321 e. The summed E-state index contributed by atoms with van der Waals surface area (Å²) in [6.07, 6.45) is 1.63. The summed E-state index contributed by atoms with van der Waals surface area (Å²) in [4.78, 5) is 15.2. The first kappa shape index (κ1) is 16.6. The summed E-state index contributed by atoms with van der Waals surface area (Å²) in [5, 5.41) is 9.00. The van der Waals surface area contributed by atoms with Crippen molar-refractivity contribution in [3.63, 3.8) is 0 Å². The summed E-state index contributed by atoms with van der Waals surface area (Å²) in [6.45, 7) is 3.59. The van der Waals surface area contributed by atoms with Gasteiger partial charge in [0.15, 0.2) is 11.5 Å². The van der Waals surface area contributed by atoms with Crippen LogP contribution in [0.15, 0.2) is 12.3 Å². The highest BCUT2D eigenvalue weighted by molar-refractivity contribution is 7.99. The minimum Gasteiger partial charge on any atom is -0.493 e. The first-order valence-electron chi connectivity index (χ1n) is 6.01. The fraction of sp³-hybridized carbons (Fsp3) is 0.538. The maximum atomic E-state index is 11.0. The van der Waals surface area contributed by atoms with E-state index in [9.17, 15) is 4.79 Å². The van der Waals surface area contributed by atoms with Gasteiger partial charge in [-0.1, -0.05) is 0 Å². The summed E-state index contributed by atoms with van der Waals surface area (Å²) in [5.74, 6) is 0.614. The lowest BCUT2D eigenvalue weighted by Gasteiger charge is -2.28. The zero-order chi connectivity index (χ0) is 15.3. The first-order chi connectivity index (χ1) is 9.33. The Labute approximate surface area is 122 Å². The number of carboxylic acids is 1. The number of hydrogen-bond acceptors (Lipinski definition) is 6. The van der Waals surface area contributed by atoms with Crippen LogP contribution < -0.4 is 15.2 Å². The molecule has 1 atom stereocenters. The third-order valence-electron chi connectivity index (χ3n) is 2.96. The zero-order valence-electron chi connectivity index (χ0n) is 12.0. The van der Waals surface area contributed by atoms with Crippen LogP contribution >= 0.6 is 11.8 Å². The molecule has 0 unspecified atom stereocenters. The standard InChI is InChI=1S/C13H20N2O4S/c1-13(2,11(14)12(16)17)20-7-8-10(19-4)9(18-3)5-6-15-8/h5-6,11H,7,14H2,1-4H3,(H,16,17)/t11-/m0/s1. The second-order valence-electron chi connectivity index (χ2n) is 4.70. The molecule has 0 bridgehead atoms. The molecular weight excluding hydrogens is 280 g/mol. The molecule has 0 aliphatic heterocycles. The van der Waals surface area contributed by atoms with E-state index >= 15 is 0 Å². The number of aliphatic carboxylic acids is 1. The molecule has 0 radical (unpaired) electrons. The number of ether oxygens (including phenoxy) is 2. The number of nitrogens with zero attached hydrogens (tertiary/aromatic N) is 1. The summed E-state index contributed by atoms with van der Waals surface area (Å²) in [5.41, 5.74) is 6.39. The maximum absolute atomic E-state index is 11.0. The van der Waals surface area contributed by atoms with Crippen molar-refractivity contribution in [2.45, 2.75) is 30.4 Å². The fourth-order valence-corrected chi connectivity index (χ4v) is 2.59. The van der Waals surface area contributed by atoms with Crippen molar-refractivity contribution in [3.05, 3.63) is 18.0 Å². The van der Waals surface area contributed by atoms with Crippen LogP contribution in [0.2, 0.25) is 0 Å². The van der Waals surface area contributed by atoms with Crippen LogP contribution in [0.4, 0.5) is 0 Å². The van der Waals surface area contributed by atoms with Gasteiger partial charge in [-0.3, -0.25) is 9.78 Å². The number of carboxylic acid groups (broad SMARTS) is 1. The van der Waals surface area contributed by atoms with Crippen molar-refractivity contribution in [1.82, 2.24) is 4.98 Å². The Morgan fingerprint density at radius 1 is 1.50 bits per heavy atom. The number of thioether (sulfide) groups is 1. The number of methoxy groups -OCH3 is 2. The second kappa shape index (κ2) is 6.81. The topological polar surface area (TPSA) is 94.7 Å². The van der Waals surface area contributed by atoms with Gasteiger partial charge >= 0.3 is 5.97 Å². The number of nitrogens with two attached hydrogens (primary N) is 1. The Balaban J connectivity index is 2.87. The summed E-state index contributed by atoms with van der Waals surface area (Å²) in [7, 11) is 3.10. The van der Waals surface area contributed by atoms with Gasteiger partial charge in [-0.05, 0) is 13.8 Å². The van der Waals surface area contributed by atoms with Gasteiger partial charge in [-0.15, -0.1) is 11.8 Å². The van der Waals surface area contributed by atoms with Crippen LogP contribution in [0.5, 0.6) is 11.5 Å². The molecule has 0 aromatic carbocycles. The molecule has 0 fully saturated rings. The zero-order valence-corrected chi connectivity index (χ0v) is 12.9. The van der Waals surface area contributed by atoms with E-state index in [0.29, 0.717) is 22.9 Å². The molecule has 6 nitrogen and oxygen atoms in total. The second-order valence-corrected chi connectivity index (χ2v) is 6.33. The molecule has 0 saturated heterocycles. The van der Waals surface area contributed by atoms with E-state index in [1.165, 1.54) is 11.8 Å². The lowest BCUT2D eigenvalue weighted by Crippen LogP contribution is -2.46. The quantitative estimate of drug-likeness (QED) is 0.788. The molecule has 1 heterocycles. The van der Waals surface area contributed by atoms with Gasteiger partial charge in [0.2, 0.25) is 0 Å². The number of carbonyl (C=O) groups is 1. The lowest BCUT2D eigenvalue weighted by molar-refractivity contribution is -0.139. The molecular formula is C13H20N2O4S. The van der Waals surface area contributed by atoms with Crippen LogP contribution in [0.25, 0.3) is 0 Å². The molecule has 0 aliphatic carbocycles. The first-order valence-corrected chi connectivity index (χ1v) is 7.00. The Morgan fingerprint density at radius 3 is 2.65 bits per heavy atom. The molecule has 1 aromatic rings. The number of hydrogen-bond donors (Lipinski definition) is 2. The molecule has 0 saturated carbocycles. The highest BCUT2D eigenvalue weighted by Crippen LogP contribution is 2.36. The predicted molar refractivity (Wildman–Crippen MR) is 78.3 cm³/mol. The molecule has 20 heavy (non-hydrogen) atoms. The minimum atomic E-state index is -1.02. The SMILES string of the molecule is COc1ccnc(CSC(C)(C)[C@@H](N)C(=O)O)c1OC. The van der Waals surface area contributed by atoms with Gasteiger partial charge in [0, 0.05) is 22.8 Å². The normalized spacial score (nSPS) is 12.8. The number of aromatic nitrogens is 1. The summed E-state index contributed by atoms with van der Waals surface area (Å²) >= 11 is 1.41. The van der Waals surface area contributed by atoms with Gasteiger partial charge in [0.1, 0.15) is 6.04 Å². The molecule has 3 N–H and O–H groups in total. The smallest absolute Gasteiger partial charge is 0.321 e. The van der Waals surface area contributed by atoms with Crippen molar-refractivity contribution in [2.75, 3.05) is 14.2 Å². The van der Waals surface area contributed by atoms with Gasteiger partial charge in [-0.2, -0.15) is 0 Å². The largest absolute Gasteiger partial charge is 0.493 e. The van der Waals surface area contributed by atoms with Crippen molar-refractivity contribution in [3.8, 4) is 11.5 Å². The average Bonchev–Trinajstić information content (AvgIpc) is 2.43. The monoisotopic (exact) mass is 300 g/mol. The van der Waals surface area contributed by atoms with Gasteiger partial charge in [0.25, 0.3) is 0 Å². The molecule has 7 heteroatoms. The third-order valence-corrected chi connectivity index (χ3v) is 4.38. The van der Waals surface area contributed by atoms with Crippen LogP contribution in [0.3, 0.4) is 0 Å². The Hall–Kier alpha value is -1.47. The Morgan fingerprint density at radius 2 is 2.15 bits per heavy atom. The van der Waals surface area contributed by atoms with Crippen LogP contribution in [-0.2, 0) is 10.5 Å². The van der Waals surface area contributed by atoms with Crippen molar-refractivity contribution < 1.29 is 19.4 Å². The van der Waals surface area contributed by atoms with Crippen molar-refractivity contribution in [2.24, 2.45) is 5.73 Å². The van der Waals surface area contributed by atoms with Gasteiger partial charge in [-0.25, -0.2) is 0 Å². The van der Waals surface area contributed by atoms with Crippen molar-refractivity contribution in [1.29, 1.82) is 0 Å². The van der Waals surface area contributed by atoms with E-state index in [-0.39, 0.29) is 0 Å². The number of rotatable bonds is 7.